The maximum absolute atomic E-state index is 11.4. The third-order valence-electron chi connectivity index (χ3n) is 3.36. The van der Waals surface area contributed by atoms with Crippen LogP contribution in [-0.2, 0) is 7.05 Å². The number of aromatic carboxylic acids is 1. The van der Waals surface area contributed by atoms with Gasteiger partial charge < -0.3 is 15.5 Å². The molecule has 0 saturated carbocycles. The number of hydrogen-bond acceptors (Lipinski definition) is 5. The number of carbonyl (C=O) groups is 1. The van der Waals surface area contributed by atoms with Crippen molar-refractivity contribution in [1.82, 2.24) is 14.8 Å². The Morgan fingerprint density at radius 3 is 2.86 bits per heavy atom. The van der Waals surface area contributed by atoms with Crippen LogP contribution < -0.4 is 5.32 Å². The predicted molar refractivity (Wildman–Crippen MR) is 79.6 cm³/mol. The third-order valence-corrected chi connectivity index (χ3v) is 3.36. The van der Waals surface area contributed by atoms with E-state index in [1.54, 1.807) is 18.7 Å². The number of aliphatic hydroxyl groups is 1. The molecule has 0 saturated heterocycles. The number of anilines is 1. The fraction of sp³-hybridized carbons (Fsp3) is 0.500. The molecule has 3 N–H and O–H groups in total. The zero-order valence-electron chi connectivity index (χ0n) is 12.4. The quantitative estimate of drug-likeness (QED) is 0.698. The van der Waals surface area contributed by atoms with E-state index in [1.807, 2.05) is 6.92 Å². The van der Waals surface area contributed by atoms with E-state index >= 15 is 0 Å². The maximum atomic E-state index is 11.4. The highest BCUT2D eigenvalue weighted by Gasteiger charge is 2.18. The van der Waals surface area contributed by atoms with Crippen LogP contribution in [0.5, 0.6) is 0 Å². The van der Waals surface area contributed by atoms with Crippen molar-refractivity contribution in [1.29, 1.82) is 0 Å². The lowest BCUT2D eigenvalue weighted by Gasteiger charge is -2.11. The van der Waals surface area contributed by atoms with Crippen LogP contribution in [-0.4, -0.2) is 43.6 Å². The molecular weight excluding hydrogens is 272 g/mol. The predicted octanol–water partition coefficient (Wildman–Crippen LogP) is 1.55. The molecule has 0 aliphatic rings. The summed E-state index contributed by atoms with van der Waals surface area (Å²) < 4.78 is 1.64. The minimum Gasteiger partial charge on any atom is -0.478 e. The van der Waals surface area contributed by atoms with Crippen molar-refractivity contribution in [2.24, 2.45) is 7.05 Å². The fourth-order valence-electron chi connectivity index (χ4n) is 2.37. The van der Waals surface area contributed by atoms with Gasteiger partial charge in [-0.3, -0.25) is 4.68 Å². The third kappa shape index (κ3) is 3.13. The van der Waals surface area contributed by atoms with Gasteiger partial charge in [0, 0.05) is 19.8 Å². The molecule has 0 amide bonds. The number of aliphatic hydroxyl groups excluding tert-OH is 1. The topological polar surface area (TPSA) is 100 Å². The summed E-state index contributed by atoms with van der Waals surface area (Å²) in [6.07, 6.45) is 2.40. The lowest BCUT2D eigenvalue weighted by molar-refractivity contribution is 0.0697. The van der Waals surface area contributed by atoms with E-state index in [2.05, 4.69) is 15.4 Å². The molecule has 1 atom stereocenters. The van der Waals surface area contributed by atoms with Gasteiger partial charge in [0.15, 0.2) is 5.65 Å². The molecule has 0 spiro atoms. The second kappa shape index (κ2) is 6.09. The lowest BCUT2D eigenvalue weighted by atomic mass is 10.1. The highest BCUT2D eigenvalue weighted by Crippen LogP contribution is 2.28. The van der Waals surface area contributed by atoms with Gasteiger partial charge in [0.05, 0.1) is 22.9 Å². The van der Waals surface area contributed by atoms with E-state index in [9.17, 15) is 15.0 Å². The monoisotopic (exact) mass is 292 g/mol. The van der Waals surface area contributed by atoms with Crippen molar-refractivity contribution in [3.05, 3.63) is 17.5 Å². The smallest absolute Gasteiger partial charge is 0.339 e. The van der Waals surface area contributed by atoms with Crippen LogP contribution in [0.4, 0.5) is 5.69 Å². The molecule has 0 fully saturated rings. The standard InChI is InChI=1S/C14H20N4O3/c1-8(19)5-4-6-15-12-10(14(20)21)7-16-13-11(12)9(2)17-18(13)3/h7-8,19H,4-6H2,1-3H3,(H,15,16)(H,20,21). The molecule has 0 aliphatic heterocycles. The molecule has 1 unspecified atom stereocenters. The van der Waals surface area contributed by atoms with Crippen molar-refractivity contribution in [2.45, 2.75) is 32.8 Å². The van der Waals surface area contributed by atoms with Gasteiger partial charge in [-0.05, 0) is 26.7 Å². The van der Waals surface area contributed by atoms with Gasteiger partial charge in [-0.25, -0.2) is 9.78 Å². The first-order chi connectivity index (χ1) is 9.91. The second-order valence-electron chi connectivity index (χ2n) is 5.18. The van der Waals surface area contributed by atoms with Gasteiger partial charge in [0.2, 0.25) is 0 Å². The van der Waals surface area contributed by atoms with Crippen LogP contribution >= 0.6 is 0 Å². The van der Waals surface area contributed by atoms with E-state index in [0.717, 1.165) is 17.5 Å². The lowest BCUT2D eigenvalue weighted by Crippen LogP contribution is -2.11. The number of hydrogen-bond donors (Lipinski definition) is 3. The Kier molecular flexibility index (Phi) is 4.42. The van der Waals surface area contributed by atoms with E-state index in [1.165, 1.54) is 6.20 Å². The molecule has 0 aliphatic carbocycles. The van der Waals surface area contributed by atoms with Crippen LogP contribution in [0, 0.1) is 6.92 Å². The largest absolute Gasteiger partial charge is 0.478 e. The SMILES string of the molecule is Cc1nn(C)c2ncc(C(=O)O)c(NCCCC(C)O)c12. The summed E-state index contributed by atoms with van der Waals surface area (Å²) in [6.45, 7) is 4.15. The van der Waals surface area contributed by atoms with Crippen LogP contribution in [0.25, 0.3) is 11.0 Å². The van der Waals surface area contributed by atoms with Crippen molar-refractivity contribution >= 4 is 22.7 Å². The Morgan fingerprint density at radius 1 is 1.52 bits per heavy atom. The number of aryl methyl sites for hydroxylation is 2. The number of fused-ring (bicyclic) bond motifs is 1. The first-order valence-corrected chi connectivity index (χ1v) is 6.89. The molecule has 0 radical (unpaired) electrons. The van der Waals surface area contributed by atoms with Crippen molar-refractivity contribution in [3.8, 4) is 0 Å². The van der Waals surface area contributed by atoms with Crippen molar-refractivity contribution < 1.29 is 15.0 Å². The maximum Gasteiger partial charge on any atom is 0.339 e. The van der Waals surface area contributed by atoms with Gasteiger partial charge in [-0.2, -0.15) is 5.10 Å². The molecular formula is C14H20N4O3. The normalized spacial score (nSPS) is 12.6. The minimum atomic E-state index is -1.02. The Labute approximate surface area is 122 Å². The number of nitrogens with one attached hydrogen (secondary N) is 1. The zero-order valence-corrected chi connectivity index (χ0v) is 12.4. The molecule has 7 nitrogen and oxygen atoms in total. The first kappa shape index (κ1) is 15.2. The summed E-state index contributed by atoms with van der Waals surface area (Å²) in [6, 6.07) is 0. The average Bonchev–Trinajstić information content (AvgIpc) is 2.69. The Balaban J connectivity index is 2.37. The molecule has 2 heterocycles. The number of pyridine rings is 1. The average molecular weight is 292 g/mol. The highest BCUT2D eigenvalue weighted by molar-refractivity contribution is 6.04. The molecule has 114 valence electrons. The number of carboxylic acids is 1. The van der Waals surface area contributed by atoms with Gasteiger partial charge in [-0.1, -0.05) is 0 Å². The number of rotatable bonds is 6. The minimum absolute atomic E-state index is 0.135. The van der Waals surface area contributed by atoms with Gasteiger partial charge >= 0.3 is 5.97 Å². The number of carboxylic acid groups (broad SMARTS) is 1. The van der Waals surface area contributed by atoms with Gasteiger partial charge in [-0.15, -0.1) is 0 Å². The molecule has 0 bridgehead atoms. The molecule has 2 rings (SSSR count). The summed E-state index contributed by atoms with van der Waals surface area (Å²) in [7, 11) is 1.78. The van der Waals surface area contributed by atoms with Crippen LogP contribution in [0.1, 0.15) is 35.8 Å². The summed E-state index contributed by atoms with van der Waals surface area (Å²) in [4.78, 5) is 15.6. The molecule has 2 aromatic heterocycles. The summed E-state index contributed by atoms with van der Waals surface area (Å²) in [5, 5.41) is 26.8. The highest BCUT2D eigenvalue weighted by atomic mass is 16.4. The molecule has 2 aromatic rings. The van der Waals surface area contributed by atoms with E-state index < -0.39 is 5.97 Å². The van der Waals surface area contributed by atoms with E-state index in [0.29, 0.717) is 24.3 Å². The van der Waals surface area contributed by atoms with Crippen molar-refractivity contribution in [3.63, 3.8) is 0 Å². The van der Waals surface area contributed by atoms with E-state index in [-0.39, 0.29) is 11.7 Å². The zero-order chi connectivity index (χ0) is 15.6. The van der Waals surface area contributed by atoms with Gasteiger partial charge in [0.1, 0.15) is 5.56 Å². The van der Waals surface area contributed by atoms with Crippen LogP contribution in [0.3, 0.4) is 0 Å². The second-order valence-corrected chi connectivity index (χ2v) is 5.18. The summed E-state index contributed by atoms with van der Waals surface area (Å²) >= 11 is 0. The Hall–Kier alpha value is -2.15. The molecule has 21 heavy (non-hydrogen) atoms. The summed E-state index contributed by atoms with van der Waals surface area (Å²) in [5.74, 6) is -1.02. The van der Waals surface area contributed by atoms with Gasteiger partial charge in [0.25, 0.3) is 0 Å². The Morgan fingerprint density at radius 2 is 2.24 bits per heavy atom. The summed E-state index contributed by atoms with van der Waals surface area (Å²) in [5.41, 5.74) is 2.07. The van der Waals surface area contributed by atoms with Crippen LogP contribution in [0.15, 0.2) is 6.20 Å². The number of aromatic nitrogens is 3. The molecule has 0 aromatic carbocycles. The molecule has 7 heteroatoms. The number of nitrogens with zero attached hydrogens (tertiary/aromatic N) is 3. The first-order valence-electron chi connectivity index (χ1n) is 6.89. The van der Waals surface area contributed by atoms with E-state index in [4.69, 9.17) is 0 Å². The van der Waals surface area contributed by atoms with Crippen LogP contribution in [0.2, 0.25) is 0 Å². The van der Waals surface area contributed by atoms with Crippen molar-refractivity contribution in [2.75, 3.05) is 11.9 Å². The Bertz CT molecular complexity index is 664. The fourth-order valence-corrected chi connectivity index (χ4v) is 2.37.